The van der Waals surface area contributed by atoms with Crippen LogP contribution in [0.3, 0.4) is 0 Å². The minimum absolute atomic E-state index is 0.0854. The number of nitrogens with zero attached hydrogens (tertiary/aromatic N) is 4. The molecule has 0 bridgehead atoms. The number of hydrogen-bond acceptors (Lipinski definition) is 4. The van der Waals surface area contributed by atoms with Crippen molar-refractivity contribution < 1.29 is 5.11 Å². The largest absolute Gasteiger partial charge is 0.505 e. The zero-order valence-electron chi connectivity index (χ0n) is 31.9. The van der Waals surface area contributed by atoms with E-state index in [1.807, 2.05) is 18.2 Å². The molecule has 50 heavy (non-hydrogen) atoms. The summed E-state index contributed by atoms with van der Waals surface area (Å²) >= 11 is 0. The third-order valence-electron chi connectivity index (χ3n) is 9.52. The van der Waals surface area contributed by atoms with Crippen LogP contribution in [0.15, 0.2) is 91.1 Å². The van der Waals surface area contributed by atoms with Crippen molar-refractivity contribution >= 4 is 24.3 Å². The topological polar surface area (TPSA) is 63.8 Å². The number of rotatable bonds is 5. The molecular formula is C44H52N4OSi. The average Bonchev–Trinajstić information content (AvgIpc) is 3.43. The van der Waals surface area contributed by atoms with Crippen LogP contribution in [0.4, 0.5) is 0 Å². The van der Waals surface area contributed by atoms with E-state index in [0.717, 1.165) is 50.4 Å². The molecule has 0 radical (unpaired) electrons. The van der Waals surface area contributed by atoms with Gasteiger partial charge < -0.3 is 5.11 Å². The van der Waals surface area contributed by atoms with Crippen LogP contribution < -0.4 is 5.19 Å². The molecule has 0 saturated carbocycles. The van der Waals surface area contributed by atoms with Crippen molar-refractivity contribution in [1.29, 1.82) is 0 Å². The molecule has 0 amide bonds. The predicted molar refractivity (Wildman–Crippen MR) is 214 cm³/mol. The van der Waals surface area contributed by atoms with Crippen LogP contribution in [0.1, 0.15) is 79.1 Å². The van der Waals surface area contributed by atoms with Crippen molar-refractivity contribution in [1.82, 2.24) is 19.5 Å². The maximum Gasteiger partial charge on any atom is 0.168 e. The molecule has 0 aliphatic carbocycles. The van der Waals surface area contributed by atoms with Gasteiger partial charge in [0.2, 0.25) is 0 Å². The van der Waals surface area contributed by atoms with Gasteiger partial charge in [-0.1, -0.05) is 124 Å². The monoisotopic (exact) mass is 680 g/mol. The quantitative estimate of drug-likeness (QED) is 0.184. The van der Waals surface area contributed by atoms with Crippen molar-refractivity contribution in [3.8, 4) is 45.3 Å². The Kier molecular flexibility index (Phi) is 8.71. The number of para-hydroxylation sites is 2. The summed E-state index contributed by atoms with van der Waals surface area (Å²) in [6.07, 6.45) is 2.07. The zero-order chi connectivity index (χ0) is 36.4. The molecule has 6 aromatic rings. The van der Waals surface area contributed by atoms with Gasteiger partial charge in [-0.25, -0.2) is 9.97 Å². The Bertz CT molecular complexity index is 2190. The Morgan fingerprint density at radius 3 is 1.92 bits per heavy atom. The predicted octanol–water partition coefficient (Wildman–Crippen LogP) is 11.0. The number of aromatic nitrogens is 4. The molecule has 0 unspecified atom stereocenters. The van der Waals surface area contributed by atoms with Gasteiger partial charge in [0.1, 0.15) is 11.4 Å². The van der Waals surface area contributed by atoms with Gasteiger partial charge in [-0.3, -0.25) is 9.55 Å². The van der Waals surface area contributed by atoms with E-state index in [1.165, 1.54) is 10.8 Å². The highest BCUT2D eigenvalue weighted by atomic mass is 28.3. The average molecular weight is 681 g/mol. The fourth-order valence-electron chi connectivity index (χ4n) is 6.35. The van der Waals surface area contributed by atoms with Crippen LogP contribution in [-0.2, 0) is 16.2 Å². The highest BCUT2D eigenvalue weighted by Crippen LogP contribution is 2.43. The second-order valence-electron chi connectivity index (χ2n) is 17.8. The minimum Gasteiger partial charge on any atom is -0.505 e. The Morgan fingerprint density at radius 1 is 0.660 bits per heavy atom. The molecule has 258 valence electrons. The van der Waals surface area contributed by atoms with Gasteiger partial charge in [-0.15, -0.1) is 0 Å². The first-order chi connectivity index (χ1) is 23.2. The van der Waals surface area contributed by atoms with Crippen molar-refractivity contribution in [2.45, 2.75) is 98.2 Å². The minimum atomic E-state index is -1.48. The highest BCUT2D eigenvalue weighted by molar-refractivity contribution is 6.88. The number of imidazole rings is 1. The molecule has 0 aliphatic heterocycles. The highest BCUT2D eigenvalue weighted by Gasteiger charge is 2.30. The number of pyridine rings is 2. The molecule has 3 heterocycles. The number of hydrogen-bond donors (Lipinski definition) is 1. The fraction of sp³-hybridized carbons (Fsp3) is 0.341. The molecule has 0 fully saturated rings. The van der Waals surface area contributed by atoms with E-state index in [4.69, 9.17) is 15.0 Å². The molecular weight excluding hydrogens is 629 g/mol. The van der Waals surface area contributed by atoms with Crippen LogP contribution in [0, 0.1) is 0 Å². The van der Waals surface area contributed by atoms with Crippen LogP contribution >= 0.6 is 0 Å². The first-order valence-electron chi connectivity index (χ1n) is 17.7. The molecule has 5 nitrogen and oxygen atoms in total. The summed E-state index contributed by atoms with van der Waals surface area (Å²) in [5.74, 6) is 0.785. The molecule has 6 rings (SSSR count). The Labute approximate surface area is 299 Å². The maximum atomic E-state index is 12.0. The van der Waals surface area contributed by atoms with Crippen molar-refractivity contribution in [2.75, 3.05) is 0 Å². The number of benzene rings is 3. The van der Waals surface area contributed by atoms with Gasteiger partial charge in [0.05, 0.1) is 24.8 Å². The second-order valence-corrected chi connectivity index (χ2v) is 22.8. The zero-order valence-corrected chi connectivity index (χ0v) is 32.9. The van der Waals surface area contributed by atoms with E-state index in [-0.39, 0.29) is 22.0 Å². The number of fused-ring (bicyclic) bond motifs is 1. The smallest absolute Gasteiger partial charge is 0.168 e. The van der Waals surface area contributed by atoms with Crippen LogP contribution in [0.5, 0.6) is 5.75 Å². The van der Waals surface area contributed by atoms with E-state index in [9.17, 15) is 5.11 Å². The lowest BCUT2D eigenvalue weighted by molar-refractivity contribution is 0.441. The third kappa shape index (κ3) is 6.78. The molecule has 3 aromatic heterocycles. The first kappa shape index (κ1) is 35.3. The molecule has 1 N–H and O–H groups in total. The van der Waals surface area contributed by atoms with E-state index < -0.39 is 8.07 Å². The molecule has 0 atom stereocenters. The number of aromatic hydroxyl groups is 1. The van der Waals surface area contributed by atoms with Gasteiger partial charge in [0, 0.05) is 39.7 Å². The fourth-order valence-corrected chi connectivity index (χ4v) is 7.39. The Balaban J connectivity index is 1.66. The Hall–Kier alpha value is -4.55. The standard InChI is InChI=1S/C44H52N4OSi/c1-42(2,3)30-24-28(23-29(25-30)35-22-21-32(27-45-35)50(10,11)12)33-19-16-20-36-38(33)47-41(48(36)31-17-14-13-15-18-31)39-40(49)34(43(4,5)6)26-37(46-39)44(7,8)9/h13-27,49H,1-12H3. The van der Waals surface area contributed by atoms with E-state index >= 15 is 0 Å². The van der Waals surface area contributed by atoms with Gasteiger partial charge >= 0.3 is 0 Å². The van der Waals surface area contributed by atoms with Gasteiger partial charge in [-0.05, 0) is 69.6 Å². The molecule has 0 saturated heterocycles. The summed E-state index contributed by atoms with van der Waals surface area (Å²) in [5.41, 5.74) is 9.77. The van der Waals surface area contributed by atoms with Gasteiger partial charge in [-0.2, -0.15) is 0 Å². The van der Waals surface area contributed by atoms with Crippen LogP contribution in [0.2, 0.25) is 19.6 Å². The lowest BCUT2D eigenvalue weighted by atomic mass is 9.82. The van der Waals surface area contributed by atoms with Crippen molar-refractivity contribution in [2.24, 2.45) is 0 Å². The summed E-state index contributed by atoms with van der Waals surface area (Å²) in [6.45, 7) is 26.7. The van der Waals surface area contributed by atoms with E-state index in [0.29, 0.717) is 11.5 Å². The van der Waals surface area contributed by atoms with Crippen LogP contribution in [0.25, 0.3) is 50.6 Å². The van der Waals surface area contributed by atoms with Crippen molar-refractivity contribution in [3.63, 3.8) is 0 Å². The van der Waals surface area contributed by atoms with E-state index in [2.05, 4.69) is 159 Å². The lowest BCUT2D eigenvalue weighted by Crippen LogP contribution is -2.37. The van der Waals surface area contributed by atoms with Crippen LogP contribution in [-0.4, -0.2) is 32.7 Å². The van der Waals surface area contributed by atoms with Gasteiger partial charge in [0.15, 0.2) is 5.82 Å². The summed E-state index contributed by atoms with van der Waals surface area (Å²) in [5, 5.41) is 13.3. The van der Waals surface area contributed by atoms with Crippen molar-refractivity contribution in [3.05, 3.63) is 108 Å². The van der Waals surface area contributed by atoms with E-state index in [1.54, 1.807) is 0 Å². The normalized spacial score (nSPS) is 12.9. The molecule has 0 spiro atoms. The lowest BCUT2D eigenvalue weighted by Gasteiger charge is -2.26. The molecule has 0 aliphatic rings. The van der Waals surface area contributed by atoms with Gasteiger partial charge in [0.25, 0.3) is 0 Å². The SMILES string of the molecule is CC(C)(C)c1cc(-c2ccc([Si](C)(C)C)cn2)cc(-c2cccc3c2nc(-c2nc(C(C)(C)C)cc(C(C)(C)C)c2O)n3-c2ccccc2)c1. The second kappa shape index (κ2) is 12.3. The maximum absolute atomic E-state index is 12.0. The third-order valence-corrected chi connectivity index (χ3v) is 11.5. The summed E-state index contributed by atoms with van der Waals surface area (Å²) in [6, 6.07) is 29.9. The molecule has 3 aromatic carbocycles. The Morgan fingerprint density at radius 2 is 1.34 bits per heavy atom. The summed E-state index contributed by atoms with van der Waals surface area (Å²) in [7, 11) is -1.48. The first-order valence-corrected chi connectivity index (χ1v) is 21.2. The summed E-state index contributed by atoms with van der Waals surface area (Å²) < 4.78 is 2.14. The molecule has 6 heteroatoms. The summed E-state index contributed by atoms with van der Waals surface area (Å²) in [4.78, 5) is 15.5.